The fourth-order valence-corrected chi connectivity index (χ4v) is 4.98. The van der Waals surface area contributed by atoms with E-state index in [-0.39, 0.29) is 5.41 Å². The molecule has 0 unspecified atom stereocenters. The van der Waals surface area contributed by atoms with E-state index in [1.807, 2.05) is 0 Å². The Morgan fingerprint density at radius 2 is 1.35 bits per heavy atom. The Bertz CT molecular complexity index is 1080. The summed E-state index contributed by atoms with van der Waals surface area (Å²) in [5.41, 5.74) is 8.18. The van der Waals surface area contributed by atoms with Crippen molar-refractivity contribution < 1.29 is 4.68 Å². The van der Waals surface area contributed by atoms with Gasteiger partial charge in [0.15, 0.2) is 12.7 Å². The molecular weight excluding hydrogens is 316 g/mol. The van der Waals surface area contributed by atoms with E-state index in [2.05, 4.69) is 100 Å². The first kappa shape index (κ1) is 14.1. The molecule has 3 aromatic carbocycles. The molecule has 124 valence electrons. The number of hydrogen-bond donors (Lipinski definition) is 0. The molecule has 1 aromatic heterocycles. The van der Waals surface area contributed by atoms with Crippen LogP contribution >= 0.6 is 0 Å². The fraction of sp³-hybridized carbons (Fsp3) is 0.125. The standard InChI is InChI=1S/C24H19N2/c1-3-10-20(11-4-1)24(21-12-5-2-6-13-21)16-18-8-7-9-19-17-25-15-14-22(24)26(25)23(18)19/h1-15H,16-17H2/q+1. The van der Waals surface area contributed by atoms with E-state index in [1.165, 1.54) is 33.6 Å². The van der Waals surface area contributed by atoms with Crippen LogP contribution in [-0.4, -0.2) is 4.68 Å². The topological polar surface area (TPSA) is 8.81 Å². The summed E-state index contributed by atoms with van der Waals surface area (Å²) in [6, 6.07) is 31.1. The molecule has 0 amide bonds. The van der Waals surface area contributed by atoms with Crippen molar-refractivity contribution in [2.24, 2.45) is 0 Å². The van der Waals surface area contributed by atoms with Crippen LogP contribution in [0.25, 0.3) is 5.69 Å². The van der Waals surface area contributed by atoms with E-state index < -0.39 is 0 Å². The van der Waals surface area contributed by atoms with Gasteiger partial charge in [-0.25, -0.2) is 0 Å². The molecular formula is C24H19N2+. The summed E-state index contributed by atoms with van der Waals surface area (Å²) in [7, 11) is 0. The molecule has 0 saturated heterocycles. The number of nitrogens with zero attached hydrogens (tertiary/aromatic N) is 2. The van der Waals surface area contributed by atoms with Crippen LogP contribution in [0.2, 0.25) is 0 Å². The van der Waals surface area contributed by atoms with E-state index in [1.54, 1.807) is 0 Å². The number of aromatic nitrogens is 2. The molecule has 2 heteroatoms. The van der Waals surface area contributed by atoms with Gasteiger partial charge in [0.25, 0.3) is 0 Å². The number of rotatable bonds is 2. The molecule has 0 spiro atoms. The van der Waals surface area contributed by atoms with E-state index in [4.69, 9.17) is 0 Å². The number of para-hydroxylation sites is 1. The molecule has 0 atom stereocenters. The lowest BCUT2D eigenvalue weighted by molar-refractivity contribution is -0.752. The van der Waals surface area contributed by atoms with Gasteiger partial charge in [0.05, 0.1) is 5.41 Å². The van der Waals surface area contributed by atoms with Crippen molar-refractivity contribution in [3.63, 3.8) is 0 Å². The maximum absolute atomic E-state index is 2.45. The maximum Gasteiger partial charge on any atom is 0.200 e. The van der Waals surface area contributed by atoms with Crippen LogP contribution in [0.15, 0.2) is 91.1 Å². The lowest BCUT2D eigenvalue weighted by Gasteiger charge is -2.38. The molecule has 2 nitrogen and oxygen atoms in total. The highest BCUT2D eigenvalue weighted by molar-refractivity contribution is 5.60. The lowest BCUT2D eigenvalue weighted by Crippen LogP contribution is -2.44. The molecule has 26 heavy (non-hydrogen) atoms. The summed E-state index contributed by atoms with van der Waals surface area (Å²) in [4.78, 5) is 0. The summed E-state index contributed by atoms with van der Waals surface area (Å²) in [6.45, 7) is 0.961. The van der Waals surface area contributed by atoms with Gasteiger partial charge in [-0.3, -0.25) is 0 Å². The smallest absolute Gasteiger partial charge is 0.123 e. The SMILES string of the molecule is c1ccc(C2(c3ccccc3)Cc3cccc4c3-n3c2cc[n+]3C4)cc1. The molecule has 6 rings (SSSR count). The average molecular weight is 335 g/mol. The Hall–Kier alpha value is -3.13. The van der Waals surface area contributed by atoms with Gasteiger partial charge in [-0.2, -0.15) is 0 Å². The molecule has 4 aromatic rings. The van der Waals surface area contributed by atoms with Gasteiger partial charge in [0.1, 0.15) is 11.4 Å². The van der Waals surface area contributed by atoms with E-state index in [0.717, 1.165) is 13.0 Å². The van der Waals surface area contributed by atoms with Crippen molar-refractivity contribution >= 4 is 0 Å². The van der Waals surface area contributed by atoms with Crippen molar-refractivity contribution in [3.05, 3.63) is 119 Å². The highest BCUT2D eigenvalue weighted by atomic mass is 15.4. The monoisotopic (exact) mass is 335 g/mol. The minimum atomic E-state index is -0.163. The zero-order valence-corrected chi connectivity index (χ0v) is 14.5. The average Bonchev–Trinajstić information content (AvgIpc) is 3.28. The van der Waals surface area contributed by atoms with E-state index >= 15 is 0 Å². The van der Waals surface area contributed by atoms with Gasteiger partial charge >= 0.3 is 0 Å². The third-order valence-corrected chi connectivity index (χ3v) is 6.06. The van der Waals surface area contributed by atoms with Gasteiger partial charge in [-0.05, 0) is 23.1 Å². The van der Waals surface area contributed by atoms with Gasteiger partial charge < -0.3 is 0 Å². The van der Waals surface area contributed by atoms with E-state index in [0.29, 0.717) is 0 Å². The van der Waals surface area contributed by atoms with Gasteiger partial charge in [-0.1, -0.05) is 78.9 Å². The largest absolute Gasteiger partial charge is 0.200 e. The van der Waals surface area contributed by atoms with Crippen LogP contribution < -0.4 is 4.68 Å². The lowest BCUT2D eigenvalue weighted by atomic mass is 9.66. The first-order valence-corrected chi connectivity index (χ1v) is 9.22. The molecule has 2 aliphatic rings. The van der Waals surface area contributed by atoms with Crippen LogP contribution in [0.4, 0.5) is 0 Å². The third kappa shape index (κ3) is 1.64. The Labute approximate surface area is 153 Å². The van der Waals surface area contributed by atoms with E-state index in [9.17, 15) is 0 Å². The summed E-state index contributed by atoms with van der Waals surface area (Å²) in [5.74, 6) is 0. The predicted octanol–water partition coefficient (Wildman–Crippen LogP) is 4.02. The molecule has 0 saturated carbocycles. The quantitative estimate of drug-likeness (QED) is 0.431. The van der Waals surface area contributed by atoms with Gasteiger partial charge in [0.2, 0.25) is 0 Å². The van der Waals surface area contributed by atoms with Gasteiger partial charge in [0, 0.05) is 11.6 Å². The first-order valence-electron chi connectivity index (χ1n) is 9.22. The fourth-order valence-electron chi connectivity index (χ4n) is 4.98. The van der Waals surface area contributed by atoms with Crippen LogP contribution in [0.1, 0.15) is 27.9 Å². The van der Waals surface area contributed by atoms with Crippen molar-refractivity contribution in [1.82, 2.24) is 4.68 Å². The Morgan fingerprint density at radius 1 is 0.692 bits per heavy atom. The molecule has 2 aliphatic heterocycles. The van der Waals surface area contributed by atoms with Crippen molar-refractivity contribution in [2.45, 2.75) is 18.4 Å². The summed E-state index contributed by atoms with van der Waals surface area (Å²) in [6.07, 6.45) is 3.24. The van der Waals surface area contributed by atoms with Crippen LogP contribution in [0.3, 0.4) is 0 Å². The van der Waals surface area contributed by atoms with Crippen molar-refractivity contribution in [2.75, 3.05) is 0 Å². The number of hydrogen-bond acceptors (Lipinski definition) is 0. The second-order valence-corrected chi connectivity index (χ2v) is 7.35. The molecule has 0 aliphatic carbocycles. The Kier molecular flexibility index (Phi) is 2.68. The summed E-state index contributed by atoms with van der Waals surface area (Å²) < 4.78 is 4.80. The zero-order valence-electron chi connectivity index (χ0n) is 14.5. The highest BCUT2D eigenvalue weighted by Crippen LogP contribution is 2.47. The highest BCUT2D eigenvalue weighted by Gasteiger charge is 2.48. The molecule has 0 bridgehead atoms. The first-order chi connectivity index (χ1) is 12.9. The Balaban J connectivity index is 1.75. The molecule has 0 radical (unpaired) electrons. The number of benzene rings is 3. The molecule has 0 fully saturated rings. The van der Waals surface area contributed by atoms with Crippen LogP contribution in [0.5, 0.6) is 0 Å². The second kappa shape index (κ2) is 4.95. The normalized spacial score (nSPS) is 15.7. The van der Waals surface area contributed by atoms with Crippen molar-refractivity contribution in [3.8, 4) is 5.69 Å². The minimum absolute atomic E-state index is 0.163. The van der Waals surface area contributed by atoms with Crippen molar-refractivity contribution in [1.29, 1.82) is 0 Å². The zero-order chi connectivity index (χ0) is 17.1. The Morgan fingerprint density at radius 3 is 2.04 bits per heavy atom. The molecule has 0 N–H and O–H groups in total. The van der Waals surface area contributed by atoms with Crippen LogP contribution in [-0.2, 0) is 18.4 Å². The minimum Gasteiger partial charge on any atom is -0.123 e. The third-order valence-electron chi connectivity index (χ3n) is 6.06. The molecule has 3 heterocycles. The van der Waals surface area contributed by atoms with Gasteiger partial charge in [-0.15, -0.1) is 9.36 Å². The summed E-state index contributed by atoms with van der Waals surface area (Å²) >= 11 is 0. The summed E-state index contributed by atoms with van der Waals surface area (Å²) in [5, 5.41) is 0. The second-order valence-electron chi connectivity index (χ2n) is 7.35. The predicted molar refractivity (Wildman–Crippen MR) is 102 cm³/mol. The van der Waals surface area contributed by atoms with Crippen LogP contribution in [0, 0.1) is 0 Å². The maximum atomic E-state index is 2.45.